The van der Waals surface area contributed by atoms with E-state index in [1.807, 2.05) is 6.92 Å². The maximum atomic E-state index is 15.9. The Morgan fingerprint density at radius 2 is 1.87 bits per heavy atom. The highest BCUT2D eigenvalue weighted by molar-refractivity contribution is 7.91. The number of aldehydes is 1. The van der Waals surface area contributed by atoms with Crippen molar-refractivity contribution in [1.82, 2.24) is 25.6 Å². The molecule has 1 saturated heterocycles. The number of hydrogen-bond acceptors (Lipinski definition) is 10. The lowest BCUT2D eigenvalue weighted by Crippen LogP contribution is -2.55. The van der Waals surface area contributed by atoms with E-state index in [1.165, 1.54) is 6.07 Å². The molecule has 2 aliphatic heterocycles. The zero-order valence-corrected chi connectivity index (χ0v) is 31.6. The summed E-state index contributed by atoms with van der Waals surface area (Å²) in [6.45, 7) is 6.63. The Hall–Kier alpha value is -4.38. The highest BCUT2D eigenvalue weighted by Gasteiger charge is 2.62. The molecular formula is C37H48FN5O10S. The summed E-state index contributed by atoms with van der Waals surface area (Å²) in [4.78, 5) is 79.4. The van der Waals surface area contributed by atoms with Crippen molar-refractivity contribution in [3.8, 4) is 0 Å². The normalized spacial score (nSPS) is 26.5. The Labute approximate surface area is 313 Å². The number of ketones is 1. The Kier molecular flexibility index (Phi) is 10.7. The van der Waals surface area contributed by atoms with E-state index in [4.69, 9.17) is 4.74 Å². The van der Waals surface area contributed by atoms with Crippen LogP contribution in [0, 0.1) is 17.7 Å². The number of carboxylic acid groups (broad SMARTS) is 1. The van der Waals surface area contributed by atoms with Crippen LogP contribution in [-0.2, 0) is 35.7 Å². The molecule has 1 unspecified atom stereocenters. The van der Waals surface area contributed by atoms with Gasteiger partial charge in [-0.05, 0) is 101 Å². The summed E-state index contributed by atoms with van der Waals surface area (Å²) in [6.07, 6.45) is 2.18. The fraction of sp³-hybridized carbons (Fsp3) is 0.622. The third kappa shape index (κ3) is 7.88. The first kappa shape index (κ1) is 39.3. The molecule has 1 aromatic rings. The zero-order valence-electron chi connectivity index (χ0n) is 30.8. The van der Waals surface area contributed by atoms with Gasteiger partial charge in [0.05, 0.1) is 23.9 Å². The molecule has 5 aliphatic rings. The lowest BCUT2D eigenvalue weighted by Gasteiger charge is -2.29. The van der Waals surface area contributed by atoms with Gasteiger partial charge in [0.25, 0.3) is 5.91 Å². The zero-order chi connectivity index (χ0) is 39.3. The van der Waals surface area contributed by atoms with Crippen LogP contribution < -0.4 is 20.7 Å². The summed E-state index contributed by atoms with van der Waals surface area (Å²) >= 11 is 0. The predicted octanol–water partition coefficient (Wildman–Crippen LogP) is 3.38. The van der Waals surface area contributed by atoms with Crippen LogP contribution in [0.25, 0.3) is 0 Å². The molecule has 17 heteroatoms. The number of amides is 4. The van der Waals surface area contributed by atoms with Crippen LogP contribution >= 0.6 is 0 Å². The number of Topliss-reactive ketones (excluding diaryl/α,β-unsaturated/α-hetero) is 1. The van der Waals surface area contributed by atoms with Crippen molar-refractivity contribution < 1.29 is 51.4 Å². The van der Waals surface area contributed by atoms with Crippen molar-refractivity contribution in [2.45, 2.75) is 127 Å². The first-order valence-electron chi connectivity index (χ1n) is 18.5. The maximum Gasteiger partial charge on any atom is 0.408 e. The van der Waals surface area contributed by atoms with Gasteiger partial charge in [-0.25, -0.2) is 22.4 Å². The molecule has 3 saturated carbocycles. The molecule has 4 amide bonds. The average molecular weight is 774 g/mol. The van der Waals surface area contributed by atoms with Crippen molar-refractivity contribution in [2.24, 2.45) is 11.8 Å². The number of rotatable bonds is 13. The lowest BCUT2D eigenvalue weighted by atomic mass is 9.81. The standard InChI is InChI=1S/C37H48FN5O10S/c1-5-22-16-37(22,33(47)42-54(51,52)23-9-10-23)41-32(46)28-15-21(17-39-28)30-25-13-20(14-27(38)26(25)18-43(30)35(49)50)31(45)29(40-34(48)53-36(2,3)4)24(11-12-44)19-7-6-8-19/h12-14,21-23,28-30,39H,5-11,15-18H2,1-4H3,(H,40,48)(H,41,46)(H,42,47)(H,49,50)/t21-,22-,28+,29+,30?,37-/m1/s1. The number of benzene rings is 1. The SMILES string of the molecule is CC[C@@H]1C[C@]1(NC(=O)[C@@H]1C[C@@H](C2c3cc(C(=O)[C@@H](NC(=O)OC(C)(C)C)C(CC=O)=C4CCC4)cc(F)c3CN2C(=O)O)CN1)C(=O)NS(=O)(=O)C1CC1. The third-order valence-electron chi connectivity index (χ3n) is 11.2. The number of carbonyl (C=O) groups is 6. The van der Waals surface area contributed by atoms with Crippen molar-refractivity contribution in [3.05, 3.63) is 45.8 Å². The quantitative estimate of drug-likeness (QED) is 0.111. The van der Waals surface area contributed by atoms with Crippen LogP contribution in [0.1, 0.15) is 113 Å². The number of hydrogen-bond donors (Lipinski definition) is 5. The second-order valence-corrected chi connectivity index (χ2v) is 18.0. The molecule has 2 heterocycles. The summed E-state index contributed by atoms with van der Waals surface area (Å²) in [5.41, 5.74) is -0.860. The fourth-order valence-corrected chi connectivity index (χ4v) is 9.36. The largest absolute Gasteiger partial charge is 0.465 e. The minimum absolute atomic E-state index is 0.0743. The van der Waals surface area contributed by atoms with E-state index in [0.717, 1.165) is 23.0 Å². The van der Waals surface area contributed by atoms with Crippen LogP contribution in [0.5, 0.6) is 0 Å². The highest BCUT2D eigenvalue weighted by atomic mass is 32.2. The average Bonchev–Trinajstić information content (AvgIpc) is 3.95. The lowest BCUT2D eigenvalue weighted by molar-refractivity contribution is -0.130. The van der Waals surface area contributed by atoms with E-state index in [2.05, 4.69) is 20.7 Å². The Morgan fingerprint density at radius 1 is 1.17 bits per heavy atom. The van der Waals surface area contributed by atoms with Crippen LogP contribution in [0.4, 0.5) is 14.0 Å². The fourth-order valence-electron chi connectivity index (χ4n) is 8.00. The molecule has 294 valence electrons. The highest BCUT2D eigenvalue weighted by Crippen LogP contribution is 2.48. The van der Waals surface area contributed by atoms with Crippen LogP contribution in [0.3, 0.4) is 0 Å². The molecule has 4 fully saturated rings. The maximum absolute atomic E-state index is 15.9. The van der Waals surface area contributed by atoms with E-state index >= 15 is 4.39 Å². The summed E-state index contributed by atoms with van der Waals surface area (Å²) in [5, 5.41) is 18.1. The van der Waals surface area contributed by atoms with Crippen molar-refractivity contribution in [2.75, 3.05) is 6.54 Å². The van der Waals surface area contributed by atoms with Gasteiger partial charge in [0.15, 0.2) is 5.78 Å². The Morgan fingerprint density at radius 3 is 2.43 bits per heavy atom. The molecule has 0 radical (unpaired) electrons. The van der Waals surface area contributed by atoms with Gasteiger partial charge in [0.2, 0.25) is 15.9 Å². The number of halogens is 1. The molecule has 0 aromatic heterocycles. The monoisotopic (exact) mass is 773 g/mol. The van der Waals surface area contributed by atoms with Crippen molar-refractivity contribution in [1.29, 1.82) is 0 Å². The number of fused-ring (bicyclic) bond motifs is 1. The Bertz CT molecular complexity index is 1900. The molecule has 3 aliphatic carbocycles. The van der Waals surface area contributed by atoms with E-state index in [-0.39, 0.29) is 55.0 Å². The number of sulfonamides is 1. The van der Waals surface area contributed by atoms with E-state index in [0.29, 0.717) is 44.0 Å². The van der Waals surface area contributed by atoms with Crippen LogP contribution in [-0.4, -0.2) is 89.5 Å². The summed E-state index contributed by atoms with van der Waals surface area (Å²) in [7, 11) is -3.85. The molecule has 54 heavy (non-hydrogen) atoms. The van der Waals surface area contributed by atoms with Gasteiger partial charge in [0.1, 0.15) is 29.3 Å². The second kappa shape index (κ2) is 14.7. The molecule has 1 aromatic carbocycles. The molecule has 0 spiro atoms. The molecule has 5 N–H and O–H groups in total. The van der Waals surface area contributed by atoms with Gasteiger partial charge in [-0.3, -0.25) is 24.0 Å². The molecule has 0 bridgehead atoms. The summed E-state index contributed by atoms with van der Waals surface area (Å²) in [6, 6.07) is -0.756. The number of nitrogens with zero attached hydrogens (tertiary/aromatic N) is 1. The second-order valence-electron chi connectivity index (χ2n) is 16.1. The first-order chi connectivity index (χ1) is 25.4. The molecule has 15 nitrogen and oxygen atoms in total. The number of nitrogens with one attached hydrogen (secondary N) is 4. The summed E-state index contributed by atoms with van der Waals surface area (Å²) in [5.74, 6) is -3.68. The van der Waals surface area contributed by atoms with Crippen LogP contribution in [0.2, 0.25) is 0 Å². The topological polar surface area (TPSA) is 217 Å². The van der Waals surface area contributed by atoms with Gasteiger partial charge in [-0.15, -0.1) is 0 Å². The van der Waals surface area contributed by atoms with Gasteiger partial charge >= 0.3 is 12.2 Å². The predicted molar refractivity (Wildman–Crippen MR) is 191 cm³/mol. The van der Waals surface area contributed by atoms with Gasteiger partial charge < -0.3 is 30.6 Å². The van der Waals surface area contributed by atoms with Crippen molar-refractivity contribution >= 4 is 46.1 Å². The summed E-state index contributed by atoms with van der Waals surface area (Å²) < 4.78 is 48.6. The minimum Gasteiger partial charge on any atom is -0.465 e. The van der Waals surface area contributed by atoms with E-state index in [9.17, 15) is 42.3 Å². The number of allylic oxidation sites excluding steroid dienone is 1. The third-order valence-corrected chi connectivity index (χ3v) is 13.0. The Balaban J connectivity index is 1.25. The minimum atomic E-state index is -3.85. The van der Waals surface area contributed by atoms with Gasteiger partial charge in [-0.2, -0.15) is 0 Å². The van der Waals surface area contributed by atoms with Crippen LogP contribution in [0.15, 0.2) is 23.3 Å². The molecule has 6 rings (SSSR count). The smallest absolute Gasteiger partial charge is 0.408 e. The number of carbonyl (C=O) groups excluding carboxylic acids is 5. The van der Waals surface area contributed by atoms with E-state index < -0.39 is 86.1 Å². The molecular weight excluding hydrogens is 725 g/mol. The van der Waals surface area contributed by atoms with Gasteiger partial charge in [0, 0.05) is 24.1 Å². The van der Waals surface area contributed by atoms with E-state index in [1.54, 1.807) is 20.8 Å². The van der Waals surface area contributed by atoms with Crippen molar-refractivity contribution in [3.63, 3.8) is 0 Å². The number of alkyl carbamates (subject to hydrolysis) is 1. The molecule has 6 atom stereocenters. The first-order valence-corrected chi connectivity index (χ1v) is 20.0. The van der Waals surface area contributed by atoms with Gasteiger partial charge in [-0.1, -0.05) is 18.9 Å². The number of ether oxygens (including phenoxy) is 1.